The maximum Gasteiger partial charge on any atom is 0.406 e. The third-order valence-corrected chi connectivity index (χ3v) is 4.22. The Hall–Kier alpha value is -1.27. The van der Waals surface area contributed by atoms with Crippen LogP contribution in [0.5, 0.6) is 0 Å². The number of rotatable bonds is 3. The molecule has 0 aromatic carbocycles. The van der Waals surface area contributed by atoms with Gasteiger partial charge in [0.25, 0.3) is 0 Å². The van der Waals surface area contributed by atoms with Gasteiger partial charge >= 0.3 is 6.18 Å². The Labute approximate surface area is 115 Å². The highest BCUT2D eigenvalue weighted by molar-refractivity contribution is 6.00. The first-order valence-electron chi connectivity index (χ1n) is 6.76. The van der Waals surface area contributed by atoms with Crippen molar-refractivity contribution in [3.05, 3.63) is 0 Å². The van der Waals surface area contributed by atoms with Gasteiger partial charge in [0.15, 0.2) is 0 Å². The molecular formula is C13H19F3N2O2. The van der Waals surface area contributed by atoms with Crippen molar-refractivity contribution < 1.29 is 22.8 Å². The summed E-state index contributed by atoms with van der Waals surface area (Å²) in [5.74, 6) is -1.53. The molecule has 0 radical (unpaired) electrons. The number of amides is 2. The van der Waals surface area contributed by atoms with Gasteiger partial charge in [-0.1, -0.05) is 13.8 Å². The Morgan fingerprint density at radius 3 is 2.30 bits per heavy atom. The standard InChI is InChI=1S/C13H19F3N2O2/c1-7(2)9-10(19)18(6-13(14,15)16)12(3,8-4-5-8)11(20)17-9/h7-9H,4-6H2,1-3H3,(H,17,20). The molecule has 2 rings (SSSR count). The van der Waals surface area contributed by atoms with E-state index in [0.717, 1.165) is 4.90 Å². The number of nitrogens with zero attached hydrogens (tertiary/aromatic N) is 1. The lowest BCUT2D eigenvalue weighted by atomic mass is 9.86. The highest BCUT2D eigenvalue weighted by Crippen LogP contribution is 2.45. The summed E-state index contributed by atoms with van der Waals surface area (Å²) in [5, 5.41) is 2.60. The van der Waals surface area contributed by atoms with E-state index in [1.807, 2.05) is 0 Å². The lowest BCUT2D eigenvalue weighted by Gasteiger charge is -2.47. The van der Waals surface area contributed by atoms with Crippen LogP contribution in [-0.2, 0) is 9.59 Å². The Morgan fingerprint density at radius 1 is 1.35 bits per heavy atom. The van der Waals surface area contributed by atoms with Crippen LogP contribution in [0.15, 0.2) is 0 Å². The molecule has 2 amide bonds. The topological polar surface area (TPSA) is 49.4 Å². The second-order valence-corrected chi connectivity index (χ2v) is 6.16. The van der Waals surface area contributed by atoms with E-state index in [0.29, 0.717) is 12.8 Å². The molecule has 1 N–H and O–H groups in total. The third kappa shape index (κ3) is 2.50. The summed E-state index contributed by atoms with van der Waals surface area (Å²) in [7, 11) is 0. The fourth-order valence-corrected chi connectivity index (χ4v) is 2.79. The van der Waals surface area contributed by atoms with Crippen molar-refractivity contribution >= 4 is 11.8 Å². The molecule has 1 heterocycles. The van der Waals surface area contributed by atoms with E-state index >= 15 is 0 Å². The van der Waals surface area contributed by atoms with Gasteiger partial charge in [0.2, 0.25) is 11.8 Å². The van der Waals surface area contributed by atoms with Crippen LogP contribution in [-0.4, -0.2) is 41.0 Å². The van der Waals surface area contributed by atoms with Gasteiger partial charge in [-0.05, 0) is 31.6 Å². The van der Waals surface area contributed by atoms with Gasteiger partial charge in [-0.25, -0.2) is 0 Å². The fraction of sp³-hybridized carbons (Fsp3) is 0.846. The highest BCUT2D eigenvalue weighted by atomic mass is 19.4. The van der Waals surface area contributed by atoms with Gasteiger partial charge in [0, 0.05) is 0 Å². The summed E-state index contributed by atoms with van der Waals surface area (Å²) in [6, 6.07) is -0.878. The Balaban J connectivity index is 2.36. The zero-order valence-electron chi connectivity index (χ0n) is 11.8. The van der Waals surface area contributed by atoms with Crippen LogP contribution >= 0.6 is 0 Å². The molecule has 0 aromatic heterocycles. The Bertz CT molecular complexity index is 432. The zero-order valence-corrected chi connectivity index (χ0v) is 11.8. The maximum absolute atomic E-state index is 12.8. The van der Waals surface area contributed by atoms with Crippen LogP contribution in [0.4, 0.5) is 13.2 Å². The zero-order chi connectivity index (χ0) is 15.3. The SMILES string of the molecule is CC(C)C1NC(=O)C(C)(C2CC2)N(CC(F)(F)F)C1=O. The molecule has 1 saturated carbocycles. The molecule has 2 unspecified atom stereocenters. The molecule has 1 aliphatic heterocycles. The summed E-state index contributed by atoms with van der Waals surface area (Å²) in [5.41, 5.74) is -1.38. The van der Waals surface area contributed by atoms with E-state index in [-0.39, 0.29) is 11.8 Å². The molecule has 1 saturated heterocycles. The van der Waals surface area contributed by atoms with E-state index in [1.165, 1.54) is 6.92 Å². The number of hydrogen-bond donors (Lipinski definition) is 1. The molecule has 20 heavy (non-hydrogen) atoms. The predicted octanol–water partition coefficient (Wildman–Crippen LogP) is 1.70. The van der Waals surface area contributed by atoms with Crippen LogP contribution in [0.3, 0.4) is 0 Å². The van der Waals surface area contributed by atoms with Crippen molar-refractivity contribution in [2.75, 3.05) is 6.54 Å². The van der Waals surface area contributed by atoms with Crippen LogP contribution in [0.1, 0.15) is 33.6 Å². The summed E-state index contributed by atoms with van der Waals surface area (Å²) in [4.78, 5) is 25.4. The van der Waals surface area contributed by atoms with Gasteiger partial charge in [-0.2, -0.15) is 13.2 Å². The van der Waals surface area contributed by atoms with Crippen molar-refractivity contribution in [3.63, 3.8) is 0 Å². The van der Waals surface area contributed by atoms with Gasteiger partial charge in [-0.3, -0.25) is 9.59 Å². The van der Waals surface area contributed by atoms with Crippen LogP contribution in [0, 0.1) is 11.8 Å². The molecular weight excluding hydrogens is 273 g/mol. The second kappa shape index (κ2) is 4.63. The molecule has 2 aliphatic rings. The molecule has 0 spiro atoms. The predicted molar refractivity (Wildman–Crippen MR) is 65.7 cm³/mol. The third-order valence-electron chi connectivity index (χ3n) is 4.22. The minimum atomic E-state index is -4.51. The summed E-state index contributed by atoms with van der Waals surface area (Å²) >= 11 is 0. The number of nitrogens with one attached hydrogen (secondary N) is 1. The van der Waals surface area contributed by atoms with Gasteiger partial charge in [0.05, 0.1) is 0 Å². The second-order valence-electron chi connectivity index (χ2n) is 6.16. The molecule has 4 nitrogen and oxygen atoms in total. The van der Waals surface area contributed by atoms with Crippen LogP contribution < -0.4 is 5.32 Å². The average molecular weight is 292 g/mol. The molecule has 2 atom stereocenters. The lowest BCUT2D eigenvalue weighted by molar-refractivity contribution is -0.185. The van der Waals surface area contributed by atoms with E-state index < -0.39 is 36.1 Å². The number of carbonyl (C=O) groups excluding carboxylic acids is 2. The first kappa shape index (κ1) is 15.1. The molecule has 114 valence electrons. The highest BCUT2D eigenvalue weighted by Gasteiger charge is 2.59. The van der Waals surface area contributed by atoms with E-state index in [1.54, 1.807) is 13.8 Å². The van der Waals surface area contributed by atoms with Crippen LogP contribution in [0.25, 0.3) is 0 Å². The number of alkyl halides is 3. The van der Waals surface area contributed by atoms with E-state index in [2.05, 4.69) is 5.32 Å². The largest absolute Gasteiger partial charge is 0.406 e. The first-order valence-corrected chi connectivity index (χ1v) is 6.76. The van der Waals surface area contributed by atoms with Crippen LogP contribution in [0.2, 0.25) is 0 Å². The minimum Gasteiger partial charge on any atom is -0.342 e. The molecule has 0 aromatic rings. The van der Waals surface area contributed by atoms with Gasteiger partial charge in [0.1, 0.15) is 18.1 Å². The van der Waals surface area contributed by atoms with E-state index in [9.17, 15) is 22.8 Å². The first-order chi connectivity index (χ1) is 9.07. The number of halogens is 3. The fourth-order valence-electron chi connectivity index (χ4n) is 2.79. The molecule has 0 bridgehead atoms. The average Bonchev–Trinajstić information content (AvgIpc) is 3.11. The summed E-state index contributed by atoms with van der Waals surface area (Å²) in [6.07, 6.45) is -3.15. The van der Waals surface area contributed by atoms with Crippen molar-refractivity contribution in [1.82, 2.24) is 10.2 Å². The quantitative estimate of drug-likeness (QED) is 0.860. The Morgan fingerprint density at radius 2 is 1.90 bits per heavy atom. The van der Waals surface area contributed by atoms with Crippen molar-refractivity contribution in [1.29, 1.82) is 0 Å². The van der Waals surface area contributed by atoms with Gasteiger partial charge in [-0.15, -0.1) is 0 Å². The number of hydrogen-bond acceptors (Lipinski definition) is 2. The normalized spacial score (nSPS) is 31.8. The Kier molecular flexibility index (Phi) is 3.50. The molecule has 7 heteroatoms. The van der Waals surface area contributed by atoms with Gasteiger partial charge < -0.3 is 10.2 Å². The molecule has 1 aliphatic carbocycles. The summed E-state index contributed by atoms with van der Waals surface area (Å²) in [6.45, 7) is 3.48. The maximum atomic E-state index is 12.8. The number of carbonyl (C=O) groups is 2. The monoisotopic (exact) mass is 292 g/mol. The molecule has 2 fully saturated rings. The van der Waals surface area contributed by atoms with E-state index in [4.69, 9.17) is 0 Å². The van der Waals surface area contributed by atoms with Crippen molar-refractivity contribution in [2.24, 2.45) is 11.8 Å². The lowest BCUT2D eigenvalue weighted by Crippen LogP contribution is -2.72. The van der Waals surface area contributed by atoms with Crippen molar-refractivity contribution in [3.8, 4) is 0 Å². The number of piperazine rings is 1. The minimum absolute atomic E-state index is 0.179. The smallest absolute Gasteiger partial charge is 0.342 e. The van der Waals surface area contributed by atoms with Crippen molar-refractivity contribution in [2.45, 2.75) is 51.4 Å². The summed E-state index contributed by atoms with van der Waals surface area (Å²) < 4.78 is 38.3.